The summed E-state index contributed by atoms with van der Waals surface area (Å²) >= 11 is 6.12. The molecule has 22 nitrogen and oxygen atoms in total. The molecule has 0 bridgehead atoms. The Bertz CT molecular complexity index is 2870. The second-order valence-electron chi connectivity index (χ2n) is 27.3. The molecule has 1 unspecified atom stereocenters. The van der Waals surface area contributed by atoms with E-state index in [0.29, 0.717) is 24.8 Å². The van der Waals surface area contributed by atoms with E-state index in [1.54, 1.807) is 27.7 Å². The van der Waals surface area contributed by atoms with Gasteiger partial charge in [0, 0.05) is 74.9 Å². The van der Waals surface area contributed by atoms with Gasteiger partial charge in [-0.1, -0.05) is 104 Å². The number of carbonyl (C=O) groups excluding carboxylic acids is 11. The van der Waals surface area contributed by atoms with Gasteiger partial charge in [-0.25, -0.2) is 0 Å². The van der Waals surface area contributed by atoms with E-state index in [9.17, 15) is 61.1 Å². The lowest BCUT2D eigenvalue weighted by atomic mass is 9.84. The number of benzene rings is 1. The second-order valence-corrected chi connectivity index (χ2v) is 27.7. The molecule has 1 aromatic rings. The molecule has 516 valence electrons. The summed E-state index contributed by atoms with van der Waals surface area (Å²) in [5.41, 5.74) is -2.41. The van der Waals surface area contributed by atoms with Crippen LogP contribution in [-0.4, -0.2) is 238 Å². The summed E-state index contributed by atoms with van der Waals surface area (Å²) in [6.45, 7) is 16.7. The van der Waals surface area contributed by atoms with E-state index < -0.39 is 166 Å². The Labute approximate surface area is 547 Å². The molecule has 2 N–H and O–H groups in total. The molecule has 11 amide bonds. The highest BCUT2D eigenvalue weighted by Gasteiger charge is 2.49. The smallest absolute Gasteiger partial charge is 0.343 e. The molecular weight excluding hydrogens is 1220 g/mol. The van der Waals surface area contributed by atoms with Gasteiger partial charge in [-0.3, -0.25) is 52.7 Å². The lowest BCUT2D eigenvalue weighted by Gasteiger charge is -2.45. The Balaban J connectivity index is 1.58. The molecule has 0 spiro atoms. The van der Waals surface area contributed by atoms with Gasteiger partial charge in [-0.05, 0) is 108 Å². The molecule has 3 aliphatic heterocycles. The number of likely N-dealkylation sites (N-methyl/N-ethyl adjacent to an activating group) is 7. The Kier molecular flexibility index (Phi) is 26.6. The molecule has 5 rings (SSSR count). The molecule has 3 saturated heterocycles. The Morgan fingerprint density at radius 3 is 1.78 bits per heavy atom. The van der Waals surface area contributed by atoms with Crippen LogP contribution in [0.3, 0.4) is 0 Å². The zero-order valence-corrected chi connectivity index (χ0v) is 58.0. The lowest BCUT2D eigenvalue weighted by molar-refractivity contribution is -0.160. The van der Waals surface area contributed by atoms with Crippen LogP contribution >= 0.6 is 11.6 Å². The summed E-state index contributed by atoms with van der Waals surface area (Å²) in [5, 5.41) is 5.12. The van der Waals surface area contributed by atoms with Crippen molar-refractivity contribution in [3.05, 3.63) is 34.3 Å². The van der Waals surface area contributed by atoms with Crippen LogP contribution in [0.5, 0.6) is 0 Å². The average molecular weight is 1320 g/mol. The third-order valence-corrected chi connectivity index (χ3v) is 20.7. The first kappa shape index (κ1) is 76.2. The summed E-state index contributed by atoms with van der Waals surface area (Å²) in [6.07, 6.45) is 1.04. The van der Waals surface area contributed by atoms with Gasteiger partial charge >= 0.3 is 6.18 Å². The SMILES string of the molecule is CC[C@H](C)[C@@H]1NC(=O)[C@H]([C@@H](C)CC)N(C)C(=O)C[C@@H](C)N(C)C(=O)C(C(C)C)N(C)C(=O)C(C)(C)N(C)C(=O)[C@@H]2CCCN2C(=O)[C@H](CCc2ccc(C(F)(F)F)c(Cl)c2)NC(=O)CN(C)C(=O)[C@H](CC2CCCCC2)N(C)C(=O)[C@@H]2CCN2C(=O)[C@H](C)N(C)C1=O. The minimum Gasteiger partial charge on any atom is -0.343 e. The molecule has 92 heavy (non-hydrogen) atoms. The number of aryl methyl sites for hydroxylation is 1. The number of halogens is 4. The molecule has 1 aromatic carbocycles. The van der Waals surface area contributed by atoms with Gasteiger partial charge in [-0.2, -0.15) is 13.2 Å². The predicted octanol–water partition coefficient (Wildman–Crippen LogP) is 5.85. The highest BCUT2D eigenvalue weighted by Crippen LogP contribution is 2.36. The molecule has 1 saturated carbocycles. The Morgan fingerprint density at radius 2 is 1.23 bits per heavy atom. The fourth-order valence-corrected chi connectivity index (χ4v) is 13.5. The fourth-order valence-electron chi connectivity index (χ4n) is 13.2. The molecule has 26 heteroatoms. The van der Waals surface area contributed by atoms with E-state index in [1.807, 2.05) is 20.8 Å². The van der Waals surface area contributed by atoms with Gasteiger partial charge in [0.2, 0.25) is 65.0 Å². The monoisotopic (exact) mass is 1320 g/mol. The quantitative estimate of drug-likeness (QED) is 0.282. The third kappa shape index (κ3) is 17.4. The summed E-state index contributed by atoms with van der Waals surface area (Å²) in [4.78, 5) is 173. The first-order chi connectivity index (χ1) is 42.8. The van der Waals surface area contributed by atoms with E-state index >= 15 is 4.79 Å². The standard InChI is InChI=1S/C66H103ClF3N11O11/c1-18-39(5)53-62(90)75(13)42(8)57(85)81-33-31-49(81)60(88)76(14)50(36-43-24-21-20-22-25-43)59(87)73(11)37-51(82)71-47(30-28-44-27-29-45(46(67)35-44)66(68,69)70)58(86)80-32-23-26-48(80)61(89)79(17)65(9,10)64(92)78(16)54(38(3)4)63(91)74(12)41(7)34-52(83)77(15)55(40(6)19-2)56(84)72-53/h27,29,35,38-43,47-50,53-55H,18-26,28,30-34,36-37H2,1-17H3,(H,71,82)(H,72,84)/t39-,40-,41+,42-,47-,48-,49-,50-,53-,54?,55-/m0/s1. The van der Waals surface area contributed by atoms with Gasteiger partial charge < -0.3 is 54.7 Å². The maximum absolute atomic E-state index is 15.0. The molecule has 3 heterocycles. The molecule has 1 aliphatic carbocycles. The number of alkyl halides is 3. The van der Waals surface area contributed by atoms with Crippen molar-refractivity contribution in [1.82, 2.24) is 54.7 Å². The van der Waals surface area contributed by atoms with Crippen LogP contribution in [0.4, 0.5) is 13.2 Å². The van der Waals surface area contributed by atoms with Gasteiger partial charge in [0.1, 0.15) is 53.9 Å². The molecule has 4 aliphatic rings. The van der Waals surface area contributed by atoms with Crippen LogP contribution in [-0.2, 0) is 65.3 Å². The van der Waals surface area contributed by atoms with E-state index in [4.69, 9.17) is 11.6 Å². The normalized spacial score (nSPS) is 27.9. The Hall–Kier alpha value is -6.53. The van der Waals surface area contributed by atoms with Crippen molar-refractivity contribution in [1.29, 1.82) is 0 Å². The number of nitrogens with zero attached hydrogens (tertiary/aromatic N) is 9. The molecule has 0 aromatic heterocycles. The zero-order chi connectivity index (χ0) is 69.3. The number of fused-ring (bicyclic) bond motifs is 2. The molecule has 4 fully saturated rings. The van der Waals surface area contributed by atoms with E-state index in [1.165, 1.54) is 115 Å². The zero-order valence-electron chi connectivity index (χ0n) is 57.3. The first-order valence-corrected chi connectivity index (χ1v) is 33.1. The summed E-state index contributed by atoms with van der Waals surface area (Å²) in [7, 11) is 10.2. The second kappa shape index (κ2) is 32.1. The van der Waals surface area contributed by atoms with Crippen molar-refractivity contribution in [3.8, 4) is 0 Å². The minimum atomic E-state index is -4.75. The van der Waals surface area contributed by atoms with Crippen LogP contribution in [0.15, 0.2) is 18.2 Å². The fraction of sp³-hybridized carbons (Fsp3) is 0.742. The number of carbonyl (C=O) groups is 11. The van der Waals surface area contributed by atoms with Crippen molar-refractivity contribution >= 4 is 76.6 Å². The predicted molar refractivity (Wildman–Crippen MR) is 342 cm³/mol. The van der Waals surface area contributed by atoms with E-state index in [2.05, 4.69) is 10.6 Å². The van der Waals surface area contributed by atoms with Gasteiger partial charge in [0.25, 0.3) is 0 Å². The van der Waals surface area contributed by atoms with Crippen molar-refractivity contribution < 1.29 is 65.9 Å². The number of amides is 11. The molecular formula is C66H103ClF3N11O11. The summed E-state index contributed by atoms with van der Waals surface area (Å²) in [6, 6.07) is -6.76. The average Bonchev–Trinajstić information content (AvgIpc) is 1.07. The van der Waals surface area contributed by atoms with Crippen LogP contribution in [0.1, 0.15) is 164 Å². The summed E-state index contributed by atoms with van der Waals surface area (Å²) in [5.74, 6) is -7.94. The van der Waals surface area contributed by atoms with Crippen molar-refractivity contribution in [2.24, 2.45) is 23.7 Å². The highest BCUT2D eigenvalue weighted by molar-refractivity contribution is 6.31. The molecule has 0 radical (unpaired) electrons. The Morgan fingerprint density at radius 1 is 0.630 bits per heavy atom. The van der Waals surface area contributed by atoms with E-state index in [-0.39, 0.29) is 57.5 Å². The minimum absolute atomic E-state index is 0.0347. The number of hydrogen-bond donors (Lipinski definition) is 2. The maximum atomic E-state index is 15.0. The van der Waals surface area contributed by atoms with Crippen molar-refractivity contribution in [2.75, 3.05) is 69.0 Å². The van der Waals surface area contributed by atoms with Crippen LogP contribution in [0, 0.1) is 23.7 Å². The van der Waals surface area contributed by atoms with Gasteiger partial charge in [0.05, 0.1) is 17.1 Å². The van der Waals surface area contributed by atoms with Crippen LogP contribution in [0.25, 0.3) is 0 Å². The summed E-state index contributed by atoms with van der Waals surface area (Å²) < 4.78 is 41.4. The van der Waals surface area contributed by atoms with Crippen LogP contribution in [0.2, 0.25) is 5.02 Å². The van der Waals surface area contributed by atoms with E-state index in [0.717, 1.165) is 49.1 Å². The maximum Gasteiger partial charge on any atom is 0.417 e. The topological polar surface area (TPSA) is 241 Å². The first-order valence-electron chi connectivity index (χ1n) is 32.8. The largest absolute Gasteiger partial charge is 0.417 e. The highest BCUT2D eigenvalue weighted by atomic mass is 35.5. The van der Waals surface area contributed by atoms with Crippen molar-refractivity contribution in [3.63, 3.8) is 0 Å². The van der Waals surface area contributed by atoms with Crippen molar-refractivity contribution in [2.45, 2.75) is 225 Å². The number of nitrogens with one attached hydrogen (secondary N) is 2. The lowest BCUT2D eigenvalue weighted by Crippen LogP contribution is -2.65. The van der Waals surface area contributed by atoms with Gasteiger partial charge in [-0.15, -0.1) is 0 Å². The number of hydrogen-bond acceptors (Lipinski definition) is 11. The molecule has 11 atom stereocenters. The number of rotatable bonds is 10. The van der Waals surface area contributed by atoms with Gasteiger partial charge in [0.15, 0.2) is 0 Å². The third-order valence-electron chi connectivity index (χ3n) is 20.4. The van der Waals surface area contributed by atoms with Crippen LogP contribution < -0.4 is 10.6 Å².